The largest absolute Gasteiger partial charge is 0.354 e. The number of aryl methyl sites for hydroxylation is 1. The molecule has 6 heteroatoms. The Hall–Kier alpha value is -1.59. The number of benzene rings is 1. The Morgan fingerprint density at radius 3 is 2.14 bits per heavy atom. The number of rotatable bonds is 17. The van der Waals surface area contributed by atoms with Crippen molar-refractivity contribution in [1.82, 2.24) is 15.1 Å². The van der Waals surface area contributed by atoms with Crippen LogP contribution in [0.1, 0.15) is 109 Å². The average molecular weight is 534 g/mol. The molecule has 2 amide bonds. The van der Waals surface area contributed by atoms with Gasteiger partial charge in [-0.25, -0.2) is 0 Å². The van der Waals surface area contributed by atoms with E-state index in [4.69, 9.17) is 0 Å². The minimum Gasteiger partial charge on any atom is -0.354 e. The van der Waals surface area contributed by atoms with Crippen LogP contribution < -0.4 is 5.32 Å². The maximum absolute atomic E-state index is 13.5. The van der Waals surface area contributed by atoms with Gasteiger partial charge in [0, 0.05) is 13.1 Å². The van der Waals surface area contributed by atoms with Crippen LogP contribution in [0.15, 0.2) is 30.3 Å². The first-order valence-corrected chi connectivity index (χ1v) is 15.1. The molecule has 1 N–H and O–H groups in total. The zero-order valence-electron chi connectivity index (χ0n) is 23.3. The molecule has 0 aliphatic carbocycles. The SMILES string of the molecule is CCCCCCCCCCCCNC(=O)C1CCCN1C(=O)[C@@H]1CCCN1CCCc1ccccc1.Cl. The standard InChI is InChI=1S/C31H51N3O2.ClH/c1-2-3-4-5-6-7-8-9-10-14-23-32-30(35)28-21-17-26-34(28)31(36)29-22-16-25-33(29)24-15-20-27-18-12-11-13-19-27;/h11-13,18-19,28-29H,2-10,14-17,20-26H2,1H3,(H,32,35);1H/t28?,29-;/m0./s1. The van der Waals surface area contributed by atoms with Crippen molar-refractivity contribution >= 4 is 24.2 Å². The molecule has 2 aliphatic heterocycles. The Kier molecular flexibility index (Phi) is 15.9. The van der Waals surface area contributed by atoms with Gasteiger partial charge in [0.25, 0.3) is 0 Å². The molecular formula is C31H52ClN3O2. The van der Waals surface area contributed by atoms with Gasteiger partial charge in [-0.1, -0.05) is 95.0 Å². The second-order valence-corrected chi connectivity index (χ2v) is 10.9. The molecule has 3 rings (SSSR count). The monoisotopic (exact) mass is 533 g/mol. The molecule has 1 aromatic rings. The molecule has 2 fully saturated rings. The van der Waals surface area contributed by atoms with Gasteiger partial charge in [-0.3, -0.25) is 14.5 Å². The molecule has 2 aliphatic rings. The fourth-order valence-electron chi connectivity index (χ4n) is 5.94. The van der Waals surface area contributed by atoms with Crippen LogP contribution in [-0.2, 0) is 16.0 Å². The maximum Gasteiger partial charge on any atom is 0.242 e. The van der Waals surface area contributed by atoms with E-state index in [2.05, 4.69) is 47.5 Å². The number of hydrogen-bond donors (Lipinski definition) is 1. The van der Waals surface area contributed by atoms with Crippen molar-refractivity contribution in [2.75, 3.05) is 26.2 Å². The molecule has 210 valence electrons. The fourth-order valence-corrected chi connectivity index (χ4v) is 5.94. The van der Waals surface area contributed by atoms with Crippen molar-refractivity contribution in [1.29, 1.82) is 0 Å². The normalized spacial score (nSPS) is 19.6. The van der Waals surface area contributed by atoms with Crippen LogP contribution in [-0.4, -0.2) is 59.9 Å². The molecule has 0 bridgehead atoms. The third-order valence-corrected chi connectivity index (χ3v) is 8.07. The van der Waals surface area contributed by atoms with Crippen LogP contribution in [0.3, 0.4) is 0 Å². The summed E-state index contributed by atoms with van der Waals surface area (Å²) in [5.74, 6) is 0.245. The van der Waals surface area contributed by atoms with Gasteiger partial charge >= 0.3 is 0 Å². The summed E-state index contributed by atoms with van der Waals surface area (Å²) < 4.78 is 0. The predicted octanol–water partition coefficient (Wildman–Crippen LogP) is 6.53. The number of amides is 2. The highest BCUT2D eigenvalue weighted by Crippen LogP contribution is 2.25. The Morgan fingerprint density at radius 2 is 1.43 bits per heavy atom. The lowest BCUT2D eigenvalue weighted by Crippen LogP contribution is -2.52. The van der Waals surface area contributed by atoms with Crippen molar-refractivity contribution in [3.63, 3.8) is 0 Å². The molecule has 0 aromatic heterocycles. The molecule has 37 heavy (non-hydrogen) atoms. The highest BCUT2D eigenvalue weighted by molar-refractivity contribution is 5.90. The minimum absolute atomic E-state index is 0. The second-order valence-electron chi connectivity index (χ2n) is 10.9. The molecule has 0 saturated carbocycles. The summed E-state index contributed by atoms with van der Waals surface area (Å²) >= 11 is 0. The van der Waals surface area contributed by atoms with Crippen molar-refractivity contribution in [3.05, 3.63) is 35.9 Å². The number of hydrogen-bond acceptors (Lipinski definition) is 3. The number of nitrogens with one attached hydrogen (secondary N) is 1. The number of nitrogens with zero attached hydrogens (tertiary/aromatic N) is 2. The first-order valence-electron chi connectivity index (χ1n) is 15.1. The lowest BCUT2D eigenvalue weighted by Gasteiger charge is -2.31. The molecule has 2 saturated heterocycles. The molecule has 5 nitrogen and oxygen atoms in total. The highest BCUT2D eigenvalue weighted by Gasteiger charge is 2.40. The summed E-state index contributed by atoms with van der Waals surface area (Å²) in [6, 6.07) is 10.3. The minimum atomic E-state index is -0.271. The molecule has 2 atom stereocenters. The summed E-state index contributed by atoms with van der Waals surface area (Å²) in [7, 11) is 0. The third kappa shape index (κ3) is 11.0. The summed E-state index contributed by atoms with van der Waals surface area (Å²) in [5, 5.41) is 3.14. The van der Waals surface area contributed by atoms with Crippen molar-refractivity contribution in [3.8, 4) is 0 Å². The Balaban J connectivity index is 0.00000481. The van der Waals surface area contributed by atoms with E-state index in [1.165, 1.54) is 63.4 Å². The number of likely N-dealkylation sites (tertiary alicyclic amines) is 2. The van der Waals surface area contributed by atoms with Crippen LogP contribution in [0, 0.1) is 0 Å². The van der Waals surface area contributed by atoms with Gasteiger partial charge in [0.15, 0.2) is 0 Å². The van der Waals surface area contributed by atoms with E-state index >= 15 is 0 Å². The Labute approximate surface area is 232 Å². The molecular weight excluding hydrogens is 482 g/mol. The van der Waals surface area contributed by atoms with E-state index < -0.39 is 0 Å². The smallest absolute Gasteiger partial charge is 0.242 e. The van der Waals surface area contributed by atoms with Crippen molar-refractivity contribution < 1.29 is 9.59 Å². The van der Waals surface area contributed by atoms with E-state index in [-0.39, 0.29) is 36.3 Å². The first kappa shape index (κ1) is 31.6. The number of halogens is 1. The van der Waals surface area contributed by atoms with E-state index in [1.807, 2.05) is 4.90 Å². The Bertz CT molecular complexity index is 760. The average Bonchev–Trinajstić information content (AvgIpc) is 3.58. The summed E-state index contributed by atoms with van der Waals surface area (Å²) in [6.45, 7) is 5.68. The van der Waals surface area contributed by atoms with Crippen LogP contribution in [0.4, 0.5) is 0 Å². The van der Waals surface area contributed by atoms with E-state index in [1.54, 1.807) is 0 Å². The van der Waals surface area contributed by atoms with Gasteiger partial charge < -0.3 is 10.2 Å². The number of carbonyl (C=O) groups is 2. The van der Waals surface area contributed by atoms with Crippen molar-refractivity contribution in [2.45, 2.75) is 122 Å². The van der Waals surface area contributed by atoms with Crippen LogP contribution >= 0.6 is 12.4 Å². The van der Waals surface area contributed by atoms with Gasteiger partial charge in [0.2, 0.25) is 11.8 Å². The van der Waals surface area contributed by atoms with Crippen LogP contribution in [0.2, 0.25) is 0 Å². The lowest BCUT2D eigenvalue weighted by atomic mass is 10.1. The summed E-state index contributed by atoms with van der Waals surface area (Å²) in [4.78, 5) is 30.7. The predicted molar refractivity (Wildman–Crippen MR) is 156 cm³/mol. The second kappa shape index (κ2) is 18.6. The van der Waals surface area contributed by atoms with E-state index in [0.717, 1.165) is 71.1 Å². The van der Waals surface area contributed by atoms with Gasteiger partial charge in [0.05, 0.1) is 6.04 Å². The highest BCUT2D eigenvalue weighted by atomic mass is 35.5. The fraction of sp³-hybridized carbons (Fsp3) is 0.742. The third-order valence-electron chi connectivity index (χ3n) is 8.07. The zero-order chi connectivity index (χ0) is 25.4. The van der Waals surface area contributed by atoms with Gasteiger partial charge in [0.1, 0.15) is 6.04 Å². The quantitative estimate of drug-likeness (QED) is 0.231. The zero-order valence-corrected chi connectivity index (χ0v) is 24.1. The van der Waals surface area contributed by atoms with Crippen LogP contribution in [0.5, 0.6) is 0 Å². The molecule has 1 aromatic carbocycles. The number of unbranched alkanes of at least 4 members (excludes halogenated alkanes) is 9. The van der Waals surface area contributed by atoms with Gasteiger partial charge in [-0.2, -0.15) is 0 Å². The van der Waals surface area contributed by atoms with Crippen molar-refractivity contribution in [2.24, 2.45) is 0 Å². The molecule has 1 unspecified atom stereocenters. The number of carbonyl (C=O) groups excluding carboxylic acids is 2. The van der Waals surface area contributed by atoms with Crippen LogP contribution in [0.25, 0.3) is 0 Å². The van der Waals surface area contributed by atoms with Gasteiger partial charge in [-0.05, 0) is 63.6 Å². The van der Waals surface area contributed by atoms with E-state index in [0.29, 0.717) is 0 Å². The summed E-state index contributed by atoms with van der Waals surface area (Å²) in [5.41, 5.74) is 1.36. The van der Waals surface area contributed by atoms with Gasteiger partial charge in [-0.15, -0.1) is 12.4 Å². The topological polar surface area (TPSA) is 52.7 Å². The molecule has 0 radical (unpaired) electrons. The summed E-state index contributed by atoms with van der Waals surface area (Å²) in [6.07, 6.45) is 18.8. The maximum atomic E-state index is 13.5. The Morgan fingerprint density at radius 1 is 0.811 bits per heavy atom. The van der Waals surface area contributed by atoms with E-state index in [9.17, 15) is 9.59 Å². The first-order chi connectivity index (χ1) is 17.7. The molecule has 0 spiro atoms. The molecule has 2 heterocycles. The lowest BCUT2D eigenvalue weighted by molar-refractivity contribution is -0.142.